The Labute approximate surface area is 60.3 Å². The third kappa shape index (κ3) is 4.22. The van der Waals surface area contributed by atoms with Gasteiger partial charge in [-0.05, 0) is 0 Å². The van der Waals surface area contributed by atoms with Crippen LogP contribution in [0.4, 0.5) is 0 Å². The second-order valence-electron chi connectivity index (χ2n) is 1.01. The van der Waals surface area contributed by atoms with Crippen LogP contribution in [0.1, 0.15) is 0 Å². The third-order valence-corrected chi connectivity index (χ3v) is 0.446. The average molecular weight is 290 g/mol. The van der Waals surface area contributed by atoms with Gasteiger partial charge in [0, 0.05) is 26.5 Å². The first kappa shape index (κ1) is 10.9. The summed E-state index contributed by atoms with van der Waals surface area (Å²) >= 11 is 0. The molecule has 0 saturated carbocycles. The van der Waals surface area contributed by atoms with Gasteiger partial charge in [-0.15, -0.1) is 0 Å². The van der Waals surface area contributed by atoms with Crippen LogP contribution in [0.2, 0.25) is 0 Å². The number of aliphatic carboxylic acids is 1. The van der Waals surface area contributed by atoms with Crippen LogP contribution < -0.4 is 5.73 Å². The van der Waals surface area contributed by atoms with Crippen molar-refractivity contribution in [3.05, 3.63) is 6.61 Å². The molecular formula is C3H6NO3Re-. The maximum atomic E-state index is 9.61. The van der Waals surface area contributed by atoms with Crippen LogP contribution in [0.3, 0.4) is 0 Å². The van der Waals surface area contributed by atoms with Gasteiger partial charge in [-0.1, -0.05) is 0 Å². The molecular weight excluding hydrogens is 284 g/mol. The van der Waals surface area contributed by atoms with Crippen molar-refractivity contribution in [2.45, 2.75) is 6.04 Å². The van der Waals surface area contributed by atoms with E-state index in [2.05, 4.69) is 0 Å². The van der Waals surface area contributed by atoms with Crippen LogP contribution in [0.25, 0.3) is 0 Å². The molecule has 1 atom stereocenters. The maximum absolute atomic E-state index is 9.61. The molecule has 0 fully saturated rings. The van der Waals surface area contributed by atoms with E-state index in [1.54, 1.807) is 0 Å². The zero-order valence-electron chi connectivity index (χ0n) is 3.91. The van der Waals surface area contributed by atoms with E-state index in [4.69, 9.17) is 15.9 Å². The second kappa shape index (κ2) is 5.19. The Bertz CT molecular complexity index is 76.9. The molecule has 0 aliphatic carbocycles. The molecule has 0 unspecified atom stereocenters. The molecule has 5 heteroatoms. The van der Waals surface area contributed by atoms with Gasteiger partial charge in [0.15, 0.2) is 0 Å². The smallest absolute Gasteiger partial charge is 0.291 e. The van der Waals surface area contributed by atoms with Crippen LogP contribution in [0.5, 0.6) is 0 Å². The van der Waals surface area contributed by atoms with Crippen LogP contribution in [0, 0.1) is 6.61 Å². The maximum Gasteiger partial charge on any atom is 0.291 e. The van der Waals surface area contributed by atoms with Crippen molar-refractivity contribution >= 4 is 5.97 Å². The van der Waals surface area contributed by atoms with E-state index in [0.29, 0.717) is 6.61 Å². The number of hydrogen-bond donors (Lipinski definition) is 3. The Morgan fingerprint density at radius 2 is 2.12 bits per heavy atom. The van der Waals surface area contributed by atoms with E-state index in [1.165, 1.54) is 0 Å². The number of carbonyl (C=O) groups is 1. The molecule has 4 N–H and O–H groups in total. The largest absolute Gasteiger partial charge is 0.564 e. The monoisotopic (exact) mass is 291 g/mol. The predicted octanol–water partition coefficient (Wildman–Crippen LogP) is -1.07. The van der Waals surface area contributed by atoms with Crippen molar-refractivity contribution in [1.29, 1.82) is 0 Å². The molecule has 0 aliphatic heterocycles. The summed E-state index contributed by atoms with van der Waals surface area (Å²) in [5.41, 5.74) is 4.71. The van der Waals surface area contributed by atoms with Gasteiger partial charge in [0.2, 0.25) is 0 Å². The molecule has 0 bridgehead atoms. The first-order chi connectivity index (χ1) is 3.18. The first-order valence-electron chi connectivity index (χ1n) is 1.64. The van der Waals surface area contributed by atoms with E-state index < -0.39 is 12.0 Å². The fourth-order valence-corrected chi connectivity index (χ4v) is 0.0638. The summed E-state index contributed by atoms with van der Waals surface area (Å²) in [6.07, 6.45) is 0. The topological polar surface area (TPSA) is 83.5 Å². The number of hydrogen-bond acceptors (Lipinski definition) is 3. The van der Waals surface area contributed by atoms with Crippen LogP contribution in [-0.4, -0.2) is 22.2 Å². The molecule has 0 saturated heterocycles. The van der Waals surface area contributed by atoms with Gasteiger partial charge in [0.1, 0.15) is 0 Å². The molecule has 4 nitrogen and oxygen atoms in total. The molecule has 0 rings (SSSR count). The SMILES string of the molecule is N[C@H]([CH-]O)C(=O)O.[Re]. The van der Waals surface area contributed by atoms with E-state index in [-0.39, 0.29) is 20.4 Å². The quantitative estimate of drug-likeness (QED) is 0.566. The predicted molar refractivity (Wildman–Crippen MR) is 21.8 cm³/mol. The van der Waals surface area contributed by atoms with Gasteiger partial charge in [-0.25, -0.2) is 0 Å². The minimum Gasteiger partial charge on any atom is -0.564 e. The van der Waals surface area contributed by atoms with Gasteiger partial charge in [0.25, 0.3) is 5.97 Å². The van der Waals surface area contributed by atoms with Crippen molar-refractivity contribution in [2.24, 2.45) is 5.73 Å². The summed E-state index contributed by atoms with van der Waals surface area (Å²) in [6, 6.07) is -1.25. The summed E-state index contributed by atoms with van der Waals surface area (Å²) in [4.78, 5) is 9.61. The molecule has 0 aromatic heterocycles. The van der Waals surface area contributed by atoms with E-state index >= 15 is 0 Å². The second-order valence-corrected chi connectivity index (χ2v) is 1.01. The van der Waals surface area contributed by atoms with Crippen molar-refractivity contribution in [3.8, 4) is 0 Å². The molecule has 0 aliphatic rings. The molecule has 8 heavy (non-hydrogen) atoms. The van der Waals surface area contributed by atoms with Crippen LogP contribution >= 0.6 is 0 Å². The number of carboxylic acid groups (broad SMARTS) is 1. The van der Waals surface area contributed by atoms with Crippen LogP contribution in [0.15, 0.2) is 0 Å². The Morgan fingerprint density at radius 1 is 1.75 bits per heavy atom. The van der Waals surface area contributed by atoms with E-state index in [9.17, 15) is 4.79 Å². The molecule has 49 valence electrons. The van der Waals surface area contributed by atoms with Gasteiger partial charge in [-0.3, -0.25) is 4.79 Å². The van der Waals surface area contributed by atoms with Gasteiger partial charge < -0.3 is 15.9 Å². The Morgan fingerprint density at radius 3 is 2.12 bits per heavy atom. The zero-order valence-corrected chi connectivity index (χ0v) is 6.63. The minimum atomic E-state index is -1.25. The Balaban J connectivity index is 0. The zero-order chi connectivity index (χ0) is 5.86. The number of aliphatic hydroxyl groups is 1. The van der Waals surface area contributed by atoms with Gasteiger partial charge in [-0.2, -0.15) is 6.61 Å². The van der Waals surface area contributed by atoms with Crippen molar-refractivity contribution in [2.75, 3.05) is 0 Å². The van der Waals surface area contributed by atoms with Gasteiger partial charge >= 0.3 is 0 Å². The number of rotatable bonds is 2. The molecule has 0 spiro atoms. The summed E-state index contributed by atoms with van der Waals surface area (Å²) < 4.78 is 0. The normalized spacial score (nSPS) is 11.8. The summed E-state index contributed by atoms with van der Waals surface area (Å²) in [5, 5.41) is 15.7. The van der Waals surface area contributed by atoms with Crippen molar-refractivity contribution in [3.63, 3.8) is 0 Å². The molecule has 1 radical (unpaired) electrons. The standard InChI is InChI=1S/C3H6NO3.Re/c4-2(1-5)3(6)7;/h1-2,5H,4H2,(H,6,7);/q-1;/t2-;/m1./s1. The minimum absolute atomic E-state index is 0. The van der Waals surface area contributed by atoms with Crippen molar-refractivity contribution in [1.82, 2.24) is 0 Å². The summed E-state index contributed by atoms with van der Waals surface area (Å²) in [7, 11) is 0. The summed E-state index contributed by atoms with van der Waals surface area (Å²) in [5.74, 6) is -1.23. The molecule has 0 heterocycles. The van der Waals surface area contributed by atoms with E-state index in [1.807, 2.05) is 0 Å². The van der Waals surface area contributed by atoms with Crippen molar-refractivity contribution < 1.29 is 35.4 Å². The summed E-state index contributed by atoms with van der Waals surface area (Å²) in [6.45, 7) is 0.419. The van der Waals surface area contributed by atoms with Gasteiger partial charge in [0.05, 0.1) is 0 Å². The Kier molecular flexibility index (Phi) is 7.10. The van der Waals surface area contributed by atoms with Crippen LogP contribution in [-0.2, 0) is 25.2 Å². The van der Waals surface area contributed by atoms with E-state index in [0.717, 1.165) is 0 Å². The number of aliphatic hydroxyl groups excluding tert-OH is 1. The number of nitrogens with two attached hydrogens (primary N) is 1. The molecule has 0 aromatic carbocycles. The molecule has 0 amide bonds. The first-order valence-corrected chi connectivity index (χ1v) is 1.64. The Hall–Kier alpha value is 0.0523. The molecule has 0 aromatic rings. The third-order valence-electron chi connectivity index (χ3n) is 0.446. The number of carboxylic acids is 1. The fraction of sp³-hybridized carbons (Fsp3) is 0.333. The fourth-order valence-electron chi connectivity index (χ4n) is 0.0638. The average Bonchev–Trinajstić information content (AvgIpc) is 1.65.